The second kappa shape index (κ2) is 9.04. The first kappa shape index (κ1) is 16.1. The van der Waals surface area contributed by atoms with Gasteiger partial charge in [0.25, 0.3) is 5.91 Å². The third-order valence-corrected chi connectivity index (χ3v) is 3.01. The van der Waals surface area contributed by atoms with E-state index < -0.39 is 0 Å². The number of hydrogen-bond donors (Lipinski definition) is 2. The van der Waals surface area contributed by atoms with Gasteiger partial charge < -0.3 is 11.1 Å². The minimum Gasteiger partial charge on any atom is -0.352 e. The molecule has 0 spiro atoms. The molecule has 1 aliphatic carbocycles. The van der Waals surface area contributed by atoms with Crippen LogP contribution in [0.3, 0.4) is 0 Å². The lowest BCUT2D eigenvalue weighted by molar-refractivity contribution is -0.118. The zero-order valence-corrected chi connectivity index (χ0v) is 11.8. The van der Waals surface area contributed by atoms with Gasteiger partial charge in [0.15, 0.2) is 0 Å². The van der Waals surface area contributed by atoms with Crippen molar-refractivity contribution < 1.29 is 9.59 Å². The van der Waals surface area contributed by atoms with E-state index in [4.69, 9.17) is 5.73 Å². The third kappa shape index (κ3) is 6.29. The van der Waals surface area contributed by atoms with Gasteiger partial charge in [0.1, 0.15) is 5.78 Å². The SMILES string of the molecule is CC(=O)C(N)CCCCNC(=O)C1=C/C=C\C=C/C=C1. The number of carbonyl (C=O) groups is 2. The van der Waals surface area contributed by atoms with E-state index in [1.165, 1.54) is 6.92 Å². The summed E-state index contributed by atoms with van der Waals surface area (Å²) in [5.41, 5.74) is 6.27. The van der Waals surface area contributed by atoms with Crippen LogP contribution >= 0.6 is 0 Å². The van der Waals surface area contributed by atoms with Crippen LogP contribution in [-0.2, 0) is 9.59 Å². The summed E-state index contributed by atoms with van der Waals surface area (Å²) in [5.74, 6) is -0.0734. The van der Waals surface area contributed by atoms with Gasteiger partial charge in [-0.15, -0.1) is 0 Å². The van der Waals surface area contributed by atoms with E-state index in [-0.39, 0.29) is 17.7 Å². The van der Waals surface area contributed by atoms with Crippen LogP contribution in [0.5, 0.6) is 0 Å². The normalized spacial score (nSPS) is 18.4. The minimum absolute atomic E-state index is 0.0127. The molecule has 4 nitrogen and oxygen atoms in total. The number of rotatable bonds is 7. The van der Waals surface area contributed by atoms with Crippen LogP contribution in [0.1, 0.15) is 26.2 Å². The van der Waals surface area contributed by atoms with E-state index in [2.05, 4.69) is 5.32 Å². The Kier molecular flexibility index (Phi) is 7.29. The molecular weight excluding hydrogens is 252 g/mol. The van der Waals surface area contributed by atoms with Crippen molar-refractivity contribution in [3.63, 3.8) is 0 Å². The lowest BCUT2D eigenvalue weighted by atomic mass is 10.1. The molecule has 1 unspecified atom stereocenters. The molecule has 1 atom stereocenters. The number of carbonyl (C=O) groups excluding carboxylic acids is 2. The highest BCUT2D eigenvalue weighted by Gasteiger charge is 2.08. The first-order chi connectivity index (χ1) is 9.61. The van der Waals surface area contributed by atoms with Crippen molar-refractivity contribution in [2.24, 2.45) is 5.73 Å². The molecule has 0 saturated carbocycles. The van der Waals surface area contributed by atoms with Crippen LogP contribution in [0.15, 0.2) is 48.1 Å². The predicted molar refractivity (Wildman–Crippen MR) is 81.0 cm³/mol. The number of unbranched alkanes of at least 4 members (excludes halogenated alkanes) is 1. The summed E-state index contributed by atoms with van der Waals surface area (Å²) in [6.07, 6.45) is 15.2. The second-order valence-electron chi connectivity index (χ2n) is 4.72. The number of amides is 1. The molecule has 1 aliphatic rings. The molecule has 108 valence electrons. The Hall–Kier alpha value is -1.94. The van der Waals surface area contributed by atoms with Crippen molar-refractivity contribution in [3.05, 3.63) is 48.1 Å². The fraction of sp³-hybridized carbons (Fsp3) is 0.375. The van der Waals surface area contributed by atoms with Gasteiger partial charge in [0.05, 0.1) is 6.04 Å². The van der Waals surface area contributed by atoms with Gasteiger partial charge >= 0.3 is 0 Å². The van der Waals surface area contributed by atoms with Gasteiger partial charge in [-0.2, -0.15) is 0 Å². The number of Topliss-reactive ketones (excluding diaryl/α,β-unsaturated/α-hetero) is 1. The zero-order chi connectivity index (χ0) is 14.8. The molecule has 0 aliphatic heterocycles. The molecule has 0 aromatic rings. The minimum atomic E-state index is -0.376. The van der Waals surface area contributed by atoms with Gasteiger partial charge in [0, 0.05) is 12.1 Å². The molecule has 0 saturated heterocycles. The molecular formula is C16H22N2O2. The summed E-state index contributed by atoms with van der Waals surface area (Å²) in [6, 6.07) is -0.376. The van der Waals surface area contributed by atoms with Crippen molar-refractivity contribution in [3.8, 4) is 0 Å². The number of hydrogen-bond acceptors (Lipinski definition) is 3. The summed E-state index contributed by atoms with van der Waals surface area (Å²) in [6.45, 7) is 2.09. The summed E-state index contributed by atoms with van der Waals surface area (Å²) < 4.78 is 0. The fourth-order valence-corrected chi connectivity index (χ4v) is 1.71. The summed E-state index contributed by atoms with van der Waals surface area (Å²) in [4.78, 5) is 22.9. The van der Waals surface area contributed by atoms with E-state index in [1.54, 1.807) is 12.2 Å². The molecule has 1 amide bonds. The Labute approximate surface area is 120 Å². The van der Waals surface area contributed by atoms with Crippen molar-refractivity contribution in [1.82, 2.24) is 5.32 Å². The Morgan fingerprint density at radius 2 is 1.85 bits per heavy atom. The highest BCUT2D eigenvalue weighted by atomic mass is 16.1. The first-order valence-corrected chi connectivity index (χ1v) is 6.87. The topological polar surface area (TPSA) is 72.2 Å². The average molecular weight is 274 g/mol. The molecule has 0 aromatic heterocycles. The van der Waals surface area contributed by atoms with Gasteiger partial charge in [0.2, 0.25) is 0 Å². The number of nitrogens with one attached hydrogen (secondary N) is 1. The van der Waals surface area contributed by atoms with E-state index in [0.29, 0.717) is 18.5 Å². The van der Waals surface area contributed by atoms with Crippen molar-refractivity contribution in [2.45, 2.75) is 32.2 Å². The molecule has 0 radical (unpaired) electrons. The smallest absolute Gasteiger partial charge is 0.251 e. The molecule has 3 N–H and O–H groups in total. The molecule has 0 heterocycles. The Morgan fingerprint density at radius 3 is 2.60 bits per heavy atom. The lowest BCUT2D eigenvalue weighted by Gasteiger charge is -2.08. The standard InChI is InChI=1S/C16H22N2O2/c1-13(19)15(17)11-7-8-12-18-16(20)14-9-5-3-2-4-6-10-14/h2-6,9-10,15H,7-8,11-12,17H2,1H3,(H,18,20)/b3-2-,4-2?,5-3?,6-4-,9-5?,10-6?,14-9?,14-10?. The summed E-state index contributed by atoms with van der Waals surface area (Å²) >= 11 is 0. The highest BCUT2D eigenvalue weighted by Crippen LogP contribution is 2.03. The summed E-state index contributed by atoms with van der Waals surface area (Å²) in [7, 11) is 0. The molecule has 0 fully saturated rings. The largest absolute Gasteiger partial charge is 0.352 e. The van der Waals surface area contributed by atoms with Crippen molar-refractivity contribution >= 4 is 11.7 Å². The molecule has 1 rings (SSSR count). The predicted octanol–water partition coefficient (Wildman–Crippen LogP) is 1.80. The van der Waals surface area contributed by atoms with Gasteiger partial charge in [-0.1, -0.05) is 30.4 Å². The van der Waals surface area contributed by atoms with Crippen LogP contribution < -0.4 is 11.1 Å². The quantitative estimate of drug-likeness (QED) is 0.695. The first-order valence-electron chi connectivity index (χ1n) is 6.87. The van der Waals surface area contributed by atoms with E-state index in [1.807, 2.05) is 30.4 Å². The van der Waals surface area contributed by atoms with Gasteiger partial charge in [-0.3, -0.25) is 9.59 Å². The average Bonchev–Trinajstić information content (AvgIpc) is 2.37. The molecule has 4 heteroatoms. The zero-order valence-electron chi connectivity index (χ0n) is 11.8. The third-order valence-electron chi connectivity index (χ3n) is 3.01. The van der Waals surface area contributed by atoms with E-state index >= 15 is 0 Å². The van der Waals surface area contributed by atoms with E-state index in [9.17, 15) is 9.59 Å². The summed E-state index contributed by atoms with van der Waals surface area (Å²) in [5, 5.41) is 2.86. The van der Waals surface area contributed by atoms with E-state index in [0.717, 1.165) is 12.8 Å². The van der Waals surface area contributed by atoms with Crippen LogP contribution in [0.25, 0.3) is 0 Å². The second-order valence-corrected chi connectivity index (χ2v) is 4.72. The number of ketones is 1. The lowest BCUT2D eigenvalue weighted by Crippen LogP contribution is -2.29. The molecule has 0 aromatic carbocycles. The monoisotopic (exact) mass is 274 g/mol. The molecule has 20 heavy (non-hydrogen) atoms. The highest BCUT2D eigenvalue weighted by molar-refractivity contribution is 5.96. The maximum atomic E-state index is 11.9. The maximum Gasteiger partial charge on any atom is 0.251 e. The van der Waals surface area contributed by atoms with Gasteiger partial charge in [-0.05, 0) is 38.3 Å². The Bertz CT molecular complexity index is 459. The maximum absolute atomic E-state index is 11.9. The van der Waals surface area contributed by atoms with Crippen molar-refractivity contribution in [1.29, 1.82) is 0 Å². The Balaban J connectivity index is 2.25. The van der Waals surface area contributed by atoms with Gasteiger partial charge in [-0.25, -0.2) is 0 Å². The van der Waals surface area contributed by atoms with Crippen LogP contribution in [0, 0.1) is 0 Å². The van der Waals surface area contributed by atoms with Crippen molar-refractivity contribution in [2.75, 3.05) is 6.54 Å². The van der Waals surface area contributed by atoms with Crippen LogP contribution in [-0.4, -0.2) is 24.3 Å². The molecule has 0 bridgehead atoms. The number of nitrogens with two attached hydrogens (primary N) is 1. The number of allylic oxidation sites excluding steroid dienone is 6. The fourth-order valence-electron chi connectivity index (χ4n) is 1.71. The Morgan fingerprint density at radius 1 is 1.15 bits per heavy atom. The van der Waals surface area contributed by atoms with Crippen LogP contribution in [0.2, 0.25) is 0 Å². The van der Waals surface area contributed by atoms with Crippen LogP contribution in [0.4, 0.5) is 0 Å².